The van der Waals surface area contributed by atoms with Gasteiger partial charge in [-0.3, -0.25) is 0 Å². The fourth-order valence-electron chi connectivity index (χ4n) is 2.42. The Hall–Kier alpha value is -2.47. The molecule has 0 radical (unpaired) electrons. The van der Waals surface area contributed by atoms with Gasteiger partial charge in [-0.05, 0) is 0 Å². The van der Waals surface area contributed by atoms with Crippen LogP contribution in [0.15, 0.2) is 42.7 Å². The fourth-order valence-corrected chi connectivity index (χ4v) is 2.42. The van der Waals surface area contributed by atoms with Crippen LogP contribution >= 0.6 is 0 Å². The van der Waals surface area contributed by atoms with Crippen LogP contribution in [0.3, 0.4) is 0 Å². The molecule has 0 spiro atoms. The van der Waals surface area contributed by atoms with Gasteiger partial charge in [0.25, 0.3) is 5.78 Å². The van der Waals surface area contributed by atoms with Crippen LogP contribution in [0.5, 0.6) is 0 Å². The van der Waals surface area contributed by atoms with Crippen LogP contribution in [0.25, 0.3) is 17.0 Å². The molecule has 3 aromatic rings. The molecule has 2 aromatic heterocycles. The molecule has 0 atom stereocenters. The summed E-state index contributed by atoms with van der Waals surface area (Å²) in [6.45, 7) is 1.24. The molecule has 1 aliphatic rings. The zero-order chi connectivity index (χ0) is 13.5. The van der Waals surface area contributed by atoms with E-state index in [1.807, 2.05) is 36.4 Å². The number of hydrogen-bond donors (Lipinski definition) is 1. The molecule has 20 heavy (non-hydrogen) atoms. The van der Waals surface area contributed by atoms with Gasteiger partial charge in [0.15, 0.2) is 0 Å². The van der Waals surface area contributed by atoms with Crippen LogP contribution in [-0.2, 0) is 0 Å². The molecule has 0 unspecified atom stereocenters. The Balaban J connectivity index is 1.87. The van der Waals surface area contributed by atoms with Crippen molar-refractivity contribution in [3.63, 3.8) is 0 Å². The molecule has 1 fully saturated rings. The van der Waals surface area contributed by atoms with Gasteiger partial charge < -0.3 is 10.0 Å². The van der Waals surface area contributed by atoms with Crippen molar-refractivity contribution in [2.75, 3.05) is 18.0 Å². The predicted octanol–water partition coefficient (Wildman–Crippen LogP) is 0.972. The molecule has 0 amide bonds. The molecular weight excluding hydrogens is 254 g/mol. The number of anilines is 1. The maximum atomic E-state index is 9.49. The summed E-state index contributed by atoms with van der Waals surface area (Å²) in [7, 11) is 0. The van der Waals surface area contributed by atoms with E-state index in [-0.39, 0.29) is 6.10 Å². The second-order valence-corrected chi connectivity index (χ2v) is 4.90. The van der Waals surface area contributed by atoms with E-state index >= 15 is 0 Å². The lowest BCUT2D eigenvalue weighted by molar-refractivity contribution is 0.141. The van der Waals surface area contributed by atoms with Gasteiger partial charge in [0.2, 0.25) is 0 Å². The summed E-state index contributed by atoms with van der Waals surface area (Å²) in [5.74, 6) is 1.49. The Morgan fingerprint density at radius 2 is 1.95 bits per heavy atom. The maximum Gasteiger partial charge on any atom is 0.254 e. The van der Waals surface area contributed by atoms with E-state index in [1.54, 1.807) is 4.52 Å². The van der Waals surface area contributed by atoms with Crippen LogP contribution in [0.2, 0.25) is 0 Å². The molecule has 100 valence electrons. The number of rotatable bonds is 2. The van der Waals surface area contributed by atoms with Crippen molar-refractivity contribution in [1.29, 1.82) is 0 Å². The minimum atomic E-state index is -0.262. The van der Waals surface area contributed by atoms with Gasteiger partial charge in [0.1, 0.15) is 12.1 Å². The average Bonchev–Trinajstić information content (AvgIpc) is 2.92. The highest BCUT2D eigenvalue weighted by Gasteiger charge is 2.27. The number of nitrogens with zero attached hydrogens (tertiary/aromatic N) is 5. The molecule has 0 saturated carbocycles. The minimum absolute atomic E-state index is 0.262. The van der Waals surface area contributed by atoms with E-state index in [9.17, 15) is 5.11 Å². The lowest BCUT2D eigenvalue weighted by atomic mass is 10.1. The molecule has 0 aliphatic carbocycles. The summed E-state index contributed by atoms with van der Waals surface area (Å²) in [5, 5.41) is 13.7. The largest absolute Gasteiger partial charge is 0.389 e. The van der Waals surface area contributed by atoms with Gasteiger partial charge in [-0.15, -0.1) is 0 Å². The number of aliphatic hydroxyl groups is 1. The maximum absolute atomic E-state index is 9.49. The molecule has 4 rings (SSSR count). The third-order valence-corrected chi connectivity index (χ3v) is 3.49. The Labute approximate surface area is 115 Å². The van der Waals surface area contributed by atoms with Gasteiger partial charge in [0.05, 0.1) is 11.8 Å². The summed E-state index contributed by atoms with van der Waals surface area (Å²) in [6.07, 6.45) is 1.23. The van der Waals surface area contributed by atoms with Gasteiger partial charge in [-0.25, -0.2) is 4.98 Å². The van der Waals surface area contributed by atoms with Gasteiger partial charge >= 0.3 is 0 Å². The molecule has 3 heterocycles. The minimum Gasteiger partial charge on any atom is -0.389 e. The van der Waals surface area contributed by atoms with Crippen molar-refractivity contribution in [1.82, 2.24) is 19.6 Å². The molecule has 1 aliphatic heterocycles. The Morgan fingerprint density at radius 3 is 2.70 bits per heavy atom. The van der Waals surface area contributed by atoms with E-state index in [4.69, 9.17) is 0 Å². The first kappa shape index (κ1) is 11.4. The van der Waals surface area contributed by atoms with E-state index in [2.05, 4.69) is 20.0 Å². The summed E-state index contributed by atoms with van der Waals surface area (Å²) in [6, 6.07) is 12.0. The quantitative estimate of drug-likeness (QED) is 0.749. The standard InChI is InChI=1S/C14H13N5O/c20-11-7-18(8-11)13-6-12(10-4-2-1-3-5-10)17-14-15-9-16-19(13)14/h1-6,9,11,20H,7-8H2. The molecule has 1 N–H and O–H groups in total. The number of hydrogen-bond acceptors (Lipinski definition) is 5. The Bertz CT molecular complexity index is 749. The lowest BCUT2D eigenvalue weighted by Gasteiger charge is -2.37. The monoisotopic (exact) mass is 267 g/mol. The van der Waals surface area contributed by atoms with Gasteiger partial charge in [-0.1, -0.05) is 30.3 Å². The molecular formula is C14H13N5O. The van der Waals surface area contributed by atoms with Crippen LogP contribution in [-0.4, -0.2) is 43.9 Å². The van der Waals surface area contributed by atoms with E-state index in [1.165, 1.54) is 6.33 Å². The first-order valence-corrected chi connectivity index (χ1v) is 6.50. The summed E-state index contributed by atoms with van der Waals surface area (Å²) in [4.78, 5) is 10.8. The van der Waals surface area contributed by atoms with Crippen molar-refractivity contribution in [3.05, 3.63) is 42.7 Å². The van der Waals surface area contributed by atoms with Crippen molar-refractivity contribution >= 4 is 11.6 Å². The molecule has 1 saturated heterocycles. The first-order valence-electron chi connectivity index (χ1n) is 6.50. The number of benzene rings is 1. The van der Waals surface area contributed by atoms with Crippen LogP contribution in [0.4, 0.5) is 5.82 Å². The topological polar surface area (TPSA) is 66.5 Å². The number of fused-ring (bicyclic) bond motifs is 1. The molecule has 1 aromatic carbocycles. The zero-order valence-corrected chi connectivity index (χ0v) is 10.7. The molecule has 6 heteroatoms. The van der Waals surface area contributed by atoms with Crippen LogP contribution in [0.1, 0.15) is 0 Å². The summed E-state index contributed by atoms with van der Waals surface area (Å²) >= 11 is 0. The summed E-state index contributed by atoms with van der Waals surface area (Å²) < 4.78 is 1.71. The van der Waals surface area contributed by atoms with E-state index in [0.29, 0.717) is 18.9 Å². The Morgan fingerprint density at radius 1 is 1.15 bits per heavy atom. The van der Waals surface area contributed by atoms with E-state index < -0.39 is 0 Å². The highest BCUT2D eigenvalue weighted by molar-refractivity contribution is 5.66. The van der Waals surface area contributed by atoms with Gasteiger partial charge in [0, 0.05) is 24.7 Å². The molecule has 6 nitrogen and oxygen atoms in total. The third kappa shape index (κ3) is 1.73. The number of aromatic nitrogens is 4. The van der Waals surface area contributed by atoms with Crippen molar-refractivity contribution in [3.8, 4) is 11.3 Å². The number of aliphatic hydroxyl groups excluding tert-OH is 1. The van der Waals surface area contributed by atoms with Crippen LogP contribution < -0.4 is 4.90 Å². The SMILES string of the molecule is OC1CN(c2cc(-c3ccccc3)nc3ncnn23)C1. The zero-order valence-electron chi connectivity index (χ0n) is 10.7. The summed E-state index contributed by atoms with van der Waals surface area (Å²) in [5.41, 5.74) is 1.91. The Kier molecular flexibility index (Phi) is 2.43. The van der Waals surface area contributed by atoms with Gasteiger partial charge in [-0.2, -0.15) is 14.6 Å². The van der Waals surface area contributed by atoms with E-state index in [0.717, 1.165) is 17.1 Å². The second-order valence-electron chi connectivity index (χ2n) is 4.90. The lowest BCUT2D eigenvalue weighted by Crippen LogP contribution is -2.51. The van der Waals surface area contributed by atoms with Crippen molar-refractivity contribution in [2.24, 2.45) is 0 Å². The highest BCUT2D eigenvalue weighted by Crippen LogP contribution is 2.26. The predicted molar refractivity (Wildman–Crippen MR) is 74.4 cm³/mol. The van der Waals surface area contributed by atoms with Crippen molar-refractivity contribution < 1.29 is 5.11 Å². The molecule has 0 bridgehead atoms. The third-order valence-electron chi connectivity index (χ3n) is 3.49. The average molecular weight is 267 g/mol. The highest BCUT2D eigenvalue weighted by atomic mass is 16.3. The fraction of sp³-hybridized carbons (Fsp3) is 0.214. The second kappa shape index (κ2) is 4.28. The number of β-amino-alcohol motifs (C(OH)–C–C–N with tert-alkyl or cyclic N) is 1. The smallest absolute Gasteiger partial charge is 0.254 e. The normalized spacial score (nSPS) is 15.6. The van der Waals surface area contributed by atoms with Crippen LogP contribution in [0, 0.1) is 0 Å². The van der Waals surface area contributed by atoms with Crippen molar-refractivity contribution in [2.45, 2.75) is 6.10 Å². The first-order chi connectivity index (χ1) is 9.81.